The molecule has 1 heterocycles. The highest BCUT2D eigenvalue weighted by Crippen LogP contribution is 2.28. The maximum Gasteiger partial charge on any atom is 0.223 e. The molecule has 1 aromatic carbocycles. The second kappa shape index (κ2) is 11.8. The van der Waals surface area contributed by atoms with Gasteiger partial charge >= 0.3 is 0 Å². The first kappa shape index (κ1) is 25.2. The fourth-order valence-electron chi connectivity index (χ4n) is 2.40. The molecule has 0 aliphatic carbocycles. The van der Waals surface area contributed by atoms with E-state index in [9.17, 15) is 4.79 Å². The Bertz CT molecular complexity index is 693. The smallest absolute Gasteiger partial charge is 0.223 e. The molecule has 1 amide bonds. The summed E-state index contributed by atoms with van der Waals surface area (Å²) in [4.78, 5) is 17.9. The van der Waals surface area contributed by atoms with Crippen LogP contribution in [0.4, 0.5) is 5.69 Å². The van der Waals surface area contributed by atoms with Crippen LogP contribution in [0, 0.1) is 0 Å². The molecule has 0 atom stereocenters. The predicted molar refractivity (Wildman–Crippen MR) is 120 cm³/mol. The van der Waals surface area contributed by atoms with E-state index >= 15 is 0 Å². The van der Waals surface area contributed by atoms with Gasteiger partial charge in [0, 0.05) is 31.6 Å². The van der Waals surface area contributed by atoms with Crippen molar-refractivity contribution in [2.75, 3.05) is 11.9 Å². The third kappa shape index (κ3) is 7.36. The Kier molecular flexibility index (Phi) is 11.0. The molecule has 0 aliphatic heterocycles. The van der Waals surface area contributed by atoms with Gasteiger partial charge in [-0.15, -0.1) is 0 Å². The van der Waals surface area contributed by atoms with E-state index < -0.39 is 0 Å². The molecule has 4 nitrogen and oxygen atoms in total. The molecular formula is C23H41N3O. The van der Waals surface area contributed by atoms with Crippen LogP contribution in [0.3, 0.4) is 0 Å². The Balaban J connectivity index is 0.000000836. The molecule has 2 aromatic rings. The standard InChI is InChI=1S/C16H23N3O.C4H10.C3H8/c1-7-19-14-9-8-12(18(6)11(2)20)10-13(14)17-15(19)16(3,4)5;1-3-4-2;1-3-2/h8-10H,7H2,1-6H3;3-4H2,1-2H3;3H2,1-2H3. The van der Waals surface area contributed by atoms with E-state index in [2.05, 4.69) is 66.0 Å². The number of amides is 1. The number of benzene rings is 1. The number of carbonyl (C=O) groups excluding carboxylic acids is 1. The van der Waals surface area contributed by atoms with Crippen LogP contribution >= 0.6 is 0 Å². The van der Waals surface area contributed by atoms with E-state index in [-0.39, 0.29) is 11.3 Å². The van der Waals surface area contributed by atoms with Crippen LogP contribution in [0.1, 0.15) is 87.4 Å². The molecule has 1 aromatic heterocycles. The highest BCUT2D eigenvalue weighted by molar-refractivity contribution is 5.93. The topological polar surface area (TPSA) is 38.1 Å². The van der Waals surface area contributed by atoms with Gasteiger partial charge in [-0.1, -0.05) is 67.7 Å². The van der Waals surface area contributed by atoms with Crippen LogP contribution in [0.2, 0.25) is 0 Å². The summed E-state index contributed by atoms with van der Waals surface area (Å²) in [6.07, 6.45) is 3.89. The van der Waals surface area contributed by atoms with Crippen molar-refractivity contribution in [3.63, 3.8) is 0 Å². The van der Waals surface area contributed by atoms with E-state index in [0.717, 1.165) is 29.1 Å². The molecule has 0 radical (unpaired) electrons. The minimum absolute atomic E-state index is 0.00166. The van der Waals surface area contributed by atoms with E-state index in [1.54, 1.807) is 18.9 Å². The first-order valence-corrected chi connectivity index (χ1v) is 10.3. The third-order valence-corrected chi connectivity index (χ3v) is 4.08. The average Bonchev–Trinajstić information content (AvgIpc) is 3.00. The Morgan fingerprint density at radius 2 is 1.59 bits per heavy atom. The number of aromatic nitrogens is 2. The number of aryl methyl sites for hydroxylation is 1. The molecule has 0 fully saturated rings. The van der Waals surface area contributed by atoms with Crippen molar-refractivity contribution >= 4 is 22.6 Å². The van der Waals surface area contributed by atoms with Gasteiger partial charge in [0.15, 0.2) is 0 Å². The van der Waals surface area contributed by atoms with Gasteiger partial charge in [-0.05, 0) is 25.1 Å². The zero-order valence-corrected chi connectivity index (χ0v) is 19.3. The van der Waals surface area contributed by atoms with Crippen molar-refractivity contribution in [2.45, 2.75) is 93.5 Å². The van der Waals surface area contributed by atoms with Crippen LogP contribution in [-0.2, 0) is 16.8 Å². The molecule has 0 bridgehead atoms. The zero-order chi connectivity index (χ0) is 21.2. The summed E-state index contributed by atoms with van der Waals surface area (Å²) in [6, 6.07) is 6.01. The lowest BCUT2D eigenvalue weighted by Gasteiger charge is -2.19. The van der Waals surface area contributed by atoms with Crippen LogP contribution in [0.5, 0.6) is 0 Å². The number of fused-ring (bicyclic) bond motifs is 1. The first-order chi connectivity index (χ1) is 12.6. The lowest BCUT2D eigenvalue weighted by Crippen LogP contribution is -2.22. The quantitative estimate of drug-likeness (QED) is 0.609. The fourth-order valence-corrected chi connectivity index (χ4v) is 2.40. The van der Waals surface area contributed by atoms with Crippen molar-refractivity contribution in [1.29, 1.82) is 0 Å². The number of carbonyl (C=O) groups is 1. The van der Waals surface area contributed by atoms with Crippen LogP contribution in [0.25, 0.3) is 11.0 Å². The molecule has 27 heavy (non-hydrogen) atoms. The van der Waals surface area contributed by atoms with Gasteiger partial charge in [-0.25, -0.2) is 4.98 Å². The molecule has 4 heteroatoms. The van der Waals surface area contributed by atoms with Gasteiger partial charge in [-0.3, -0.25) is 4.79 Å². The summed E-state index contributed by atoms with van der Waals surface area (Å²) in [5, 5.41) is 0. The second-order valence-corrected chi connectivity index (χ2v) is 7.89. The molecule has 0 saturated heterocycles. The molecule has 0 aliphatic rings. The number of imidazole rings is 1. The molecule has 0 unspecified atom stereocenters. The maximum absolute atomic E-state index is 11.5. The highest BCUT2D eigenvalue weighted by Gasteiger charge is 2.22. The van der Waals surface area contributed by atoms with Crippen LogP contribution < -0.4 is 4.90 Å². The maximum atomic E-state index is 11.5. The second-order valence-electron chi connectivity index (χ2n) is 7.89. The summed E-state index contributed by atoms with van der Waals surface area (Å²) < 4.78 is 2.24. The van der Waals surface area contributed by atoms with Crippen molar-refractivity contribution in [2.24, 2.45) is 0 Å². The average molecular weight is 376 g/mol. The Morgan fingerprint density at radius 1 is 1.07 bits per heavy atom. The summed E-state index contributed by atoms with van der Waals surface area (Å²) in [5.74, 6) is 1.10. The predicted octanol–water partition coefficient (Wildman–Crippen LogP) is 6.56. The number of nitrogens with zero attached hydrogens (tertiary/aromatic N) is 3. The third-order valence-electron chi connectivity index (χ3n) is 4.08. The molecule has 154 valence electrons. The Morgan fingerprint density at radius 3 is 1.96 bits per heavy atom. The number of rotatable bonds is 3. The van der Waals surface area contributed by atoms with E-state index in [4.69, 9.17) is 4.98 Å². The van der Waals surface area contributed by atoms with Crippen LogP contribution in [-0.4, -0.2) is 22.5 Å². The van der Waals surface area contributed by atoms with Gasteiger partial charge < -0.3 is 9.47 Å². The number of anilines is 1. The lowest BCUT2D eigenvalue weighted by atomic mass is 9.96. The summed E-state index contributed by atoms with van der Waals surface area (Å²) in [5.41, 5.74) is 2.95. The van der Waals surface area contributed by atoms with Crippen LogP contribution in [0.15, 0.2) is 18.2 Å². The normalized spacial score (nSPS) is 10.6. The largest absolute Gasteiger partial charge is 0.328 e. The summed E-state index contributed by atoms with van der Waals surface area (Å²) in [6.45, 7) is 19.7. The van der Waals surface area contributed by atoms with Gasteiger partial charge in [0.2, 0.25) is 5.91 Å². The van der Waals surface area contributed by atoms with E-state index in [1.807, 2.05) is 12.1 Å². The molecular weight excluding hydrogens is 334 g/mol. The van der Waals surface area contributed by atoms with E-state index in [0.29, 0.717) is 0 Å². The van der Waals surface area contributed by atoms with Gasteiger partial charge in [0.1, 0.15) is 5.82 Å². The monoisotopic (exact) mass is 375 g/mol. The Labute approximate surface area is 167 Å². The molecule has 2 rings (SSSR count). The zero-order valence-electron chi connectivity index (χ0n) is 19.3. The molecule has 0 N–H and O–H groups in total. The fraction of sp³-hybridized carbons (Fsp3) is 0.652. The first-order valence-electron chi connectivity index (χ1n) is 10.3. The summed E-state index contributed by atoms with van der Waals surface area (Å²) >= 11 is 0. The molecule has 0 saturated carbocycles. The Hall–Kier alpha value is -1.84. The molecule has 0 spiro atoms. The van der Waals surface area contributed by atoms with Gasteiger partial charge in [0.25, 0.3) is 0 Å². The minimum Gasteiger partial charge on any atom is -0.328 e. The highest BCUT2D eigenvalue weighted by atomic mass is 16.2. The minimum atomic E-state index is 0.00166. The SMILES string of the molecule is CCC.CCCC.CCn1c(C(C)(C)C)nc2cc(N(C)C(C)=O)ccc21. The number of hydrogen-bond donors (Lipinski definition) is 0. The number of unbranched alkanes of at least 4 members (excludes halogenated alkanes) is 1. The van der Waals surface area contributed by atoms with E-state index in [1.165, 1.54) is 19.3 Å². The van der Waals surface area contributed by atoms with Crippen molar-refractivity contribution < 1.29 is 4.79 Å². The van der Waals surface area contributed by atoms with Crippen molar-refractivity contribution in [1.82, 2.24) is 9.55 Å². The van der Waals surface area contributed by atoms with Gasteiger partial charge in [-0.2, -0.15) is 0 Å². The van der Waals surface area contributed by atoms with Crippen molar-refractivity contribution in [3.8, 4) is 0 Å². The van der Waals surface area contributed by atoms with Gasteiger partial charge in [0.05, 0.1) is 11.0 Å². The summed E-state index contributed by atoms with van der Waals surface area (Å²) in [7, 11) is 1.78. The van der Waals surface area contributed by atoms with Crippen molar-refractivity contribution in [3.05, 3.63) is 24.0 Å². The number of hydrogen-bond acceptors (Lipinski definition) is 2. The lowest BCUT2D eigenvalue weighted by molar-refractivity contribution is -0.116.